The van der Waals surface area contributed by atoms with Crippen LogP contribution < -0.4 is 9.64 Å². The summed E-state index contributed by atoms with van der Waals surface area (Å²) in [6.07, 6.45) is 3.21. The van der Waals surface area contributed by atoms with E-state index >= 15 is 0 Å². The molecule has 1 aliphatic rings. The third kappa shape index (κ3) is 6.03. The monoisotopic (exact) mass is 360 g/mol. The summed E-state index contributed by atoms with van der Waals surface area (Å²) in [6.45, 7) is 3.36. The van der Waals surface area contributed by atoms with Gasteiger partial charge in [-0.25, -0.2) is 0 Å². The quantitative estimate of drug-likeness (QED) is 0.796. The molecule has 3 rings (SSSR count). The van der Waals surface area contributed by atoms with Crippen molar-refractivity contribution in [2.75, 3.05) is 26.2 Å². The molecule has 1 atom stereocenters. The lowest BCUT2D eigenvalue weighted by molar-refractivity contribution is -0.909. The SMILES string of the molecule is OC(COc1ccc(Cl)cc1)C[NH+]1CCC(Cc2ccccc2)CC1. The van der Waals surface area contributed by atoms with E-state index in [-0.39, 0.29) is 0 Å². The Hall–Kier alpha value is -1.55. The van der Waals surface area contributed by atoms with E-state index in [1.807, 2.05) is 12.1 Å². The summed E-state index contributed by atoms with van der Waals surface area (Å²) in [5.41, 5.74) is 1.44. The molecule has 0 amide bonds. The van der Waals surface area contributed by atoms with Crippen molar-refractivity contribution in [3.8, 4) is 5.75 Å². The van der Waals surface area contributed by atoms with Crippen molar-refractivity contribution in [3.05, 3.63) is 65.2 Å². The highest BCUT2D eigenvalue weighted by Gasteiger charge is 2.24. The van der Waals surface area contributed by atoms with Crippen molar-refractivity contribution in [3.63, 3.8) is 0 Å². The van der Waals surface area contributed by atoms with Crippen LogP contribution in [0.1, 0.15) is 18.4 Å². The van der Waals surface area contributed by atoms with Crippen molar-refractivity contribution < 1.29 is 14.7 Å². The van der Waals surface area contributed by atoms with Gasteiger partial charge < -0.3 is 14.7 Å². The van der Waals surface area contributed by atoms with Gasteiger partial charge in [0, 0.05) is 5.02 Å². The molecule has 0 radical (unpaired) electrons. The number of halogens is 1. The average molecular weight is 361 g/mol. The number of aliphatic hydroxyl groups is 1. The lowest BCUT2D eigenvalue weighted by Gasteiger charge is -2.30. The van der Waals surface area contributed by atoms with Gasteiger partial charge in [-0.3, -0.25) is 0 Å². The predicted molar refractivity (Wildman–Crippen MR) is 101 cm³/mol. The van der Waals surface area contributed by atoms with E-state index in [9.17, 15) is 5.11 Å². The zero-order valence-corrected chi connectivity index (χ0v) is 15.3. The zero-order valence-electron chi connectivity index (χ0n) is 14.5. The van der Waals surface area contributed by atoms with Crippen molar-refractivity contribution in [2.24, 2.45) is 5.92 Å². The Morgan fingerprint density at radius 3 is 2.40 bits per heavy atom. The molecule has 1 unspecified atom stereocenters. The molecule has 2 aromatic carbocycles. The molecule has 2 N–H and O–H groups in total. The molecule has 1 fully saturated rings. The number of ether oxygens (including phenoxy) is 1. The van der Waals surface area contributed by atoms with Crippen LogP contribution in [0.25, 0.3) is 0 Å². The van der Waals surface area contributed by atoms with Crippen LogP contribution in [0.2, 0.25) is 5.02 Å². The van der Waals surface area contributed by atoms with Crippen LogP contribution in [0.3, 0.4) is 0 Å². The Morgan fingerprint density at radius 2 is 1.72 bits per heavy atom. The third-order valence-electron chi connectivity index (χ3n) is 4.96. The Balaban J connectivity index is 1.36. The minimum atomic E-state index is -0.434. The smallest absolute Gasteiger partial charge is 0.137 e. The van der Waals surface area contributed by atoms with E-state index in [1.54, 1.807) is 12.1 Å². The van der Waals surface area contributed by atoms with E-state index in [1.165, 1.54) is 29.7 Å². The van der Waals surface area contributed by atoms with Gasteiger partial charge >= 0.3 is 0 Å². The lowest BCUT2D eigenvalue weighted by atomic mass is 9.90. The number of likely N-dealkylation sites (tertiary alicyclic amines) is 1. The molecule has 0 spiro atoms. The molecule has 0 bridgehead atoms. The fraction of sp³-hybridized carbons (Fsp3) is 0.429. The summed E-state index contributed by atoms with van der Waals surface area (Å²) in [7, 11) is 0. The molecule has 134 valence electrons. The molecule has 25 heavy (non-hydrogen) atoms. The number of hydrogen-bond donors (Lipinski definition) is 2. The predicted octanol–water partition coefficient (Wildman–Crippen LogP) is 2.62. The van der Waals surface area contributed by atoms with Gasteiger partial charge in [0.25, 0.3) is 0 Å². The minimum Gasteiger partial charge on any atom is -0.491 e. The van der Waals surface area contributed by atoms with Crippen LogP contribution in [0, 0.1) is 5.92 Å². The third-order valence-corrected chi connectivity index (χ3v) is 5.21. The van der Waals surface area contributed by atoms with Crippen molar-refractivity contribution >= 4 is 11.6 Å². The lowest BCUT2D eigenvalue weighted by Crippen LogP contribution is -3.14. The summed E-state index contributed by atoms with van der Waals surface area (Å²) in [5.74, 6) is 1.52. The standard InChI is InChI=1S/C21H26ClNO2/c22-19-6-8-21(9-7-19)25-16-20(24)15-23-12-10-18(11-13-23)14-17-4-2-1-3-5-17/h1-9,18,20,24H,10-16H2/p+1. The van der Waals surface area contributed by atoms with Crippen LogP contribution in [-0.4, -0.2) is 37.5 Å². The Bertz CT molecular complexity index is 624. The molecule has 3 nitrogen and oxygen atoms in total. The van der Waals surface area contributed by atoms with Crippen molar-refractivity contribution in [2.45, 2.75) is 25.4 Å². The summed E-state index contributed by atoms with van der Waals surface area (Å²) in [6, 6.07) is 18.0. The molecule has 1 aliphatic heterocycles. The molecular formula is C21H27ClNO2+. The van der Waals surface area contributed by atoms with Crippen molar-refractivity contribution in [1.82, 2.24) is 0 Å². The van der Waals surface area contributed by atoms with E-state index in [4.69, 9.17) is 16.3 Å². The second kappa shape index (κ2) is 9.23. The van der Waals surface area contributed by atoms with Crippen LogP contribution in [-0.2, 0) is 6.42 Å². The summed E-state index contributed by atoms with van der Waals surface area (Å²) >= 11 is 5.86. The molecule has 1 saturated heterocycles. The number of aliphatic hydroxyl groups excluding tert-OH is 1. The topological polar surface area (TPSA) is 33.9 Å². The van der Waals surface area contributed by atoms with Crippen LogP contribution in [0.15, 0.2) is 54.6 Å². The molecule has 1 heterocycles. The van der Waals surface area contributed by atoms with Gasteiger partial charge in [-0.15, -0.1) is 0 Å². The molecule has 0 aliphatic carbocycles. The maximum absolute atomic E-state index is 10.2. The first-order chi connectivity index (χ1) is 12.2. The largest absolute Gasteiger partial charge is 0.491 e. The number of nitrogens with one attached hydrogen (secondary N) is 1. The maximum atomic E-state index is 10.2. The van der Waals surface area contributed by atoms with Gasteiger partial charge in [-0.2, -0.15) is 0 Å². The molecular weight excluding hydrogens is 334 g/mol. The first kappa shape index (κ1) is 18.2. The highest BCUT2D eigenvalue weighted by molar-refractivity contribution is 6.30. The number of benzene rings is 2. The van der Waals surface area contributed by atoms with Crippen LogP contribution in [0.5, 0.6) is 5.75 Å². The number of piperidine rings is 1. The van der Waals surface area contributed by atoms with E-state index < -0.39 is 6.10 Å². The van der Waals surface area contributed by atoms with Gasteiger partial charge in [0.05, 0.1) is 13.1 Å². The van der Waals surface area contributed by atoms with Crippen molar-refractivity contribution in [1.29, 1.82) is 0 Å². The summed E-state index contributed by atoms with van der Waals surface area (Å²) < 4.78 is 5.64. The number of rotatable bonds is 7. The minimum absolute atomic E-state index is 0.332. The highest BCUT2D eigenvalue weighted by Crippen LogP contribution is 2.17. The second-order valence-electron chi connectivity index (χ2n) is 7.01. The van der Waals surface area contributed by atoms with Crippen LogP contribution in [0.4, 0.5) is 0 Å². The average Bonchev–Trinajstić information content (AvgIpc) is 2.64. The van der Waals surface area contributed by atoms with Gasteiger partial charge in [0.1, 0.15) is 25.0 Å². The summed E-state index contributed by atoms with van der Waals surface area (Å²) in [5, 5.41) is 10.9. The molecule has 2 aromatic rings. The number of hydrogen-bond acceptors (Lipinski definition) is 2. The highest BCUT2D eigenvalue weighted by atomic mass is 35.5. The molecule has 4 heteroatoms. The first-order valence-electron chi connectivity index (χ1n) is 9.13. The van der Waals surface area contributed by atoms with E-state index in [0.29, 0.717) is 11.6 Å². The Morgan fingerprint density at radius 1 is 1.04 bits per heavy atom. The Labute approximate surface area is 155 Å². The van der Waals surface area contributed by atoms with Crippen LogP contribution >= 0.6 is 11.6 Å². The molecule has 0 aromatic heterocycles. The second-order valence-corrected chi connectivity index (χ2v) is 7.44. The Kier molecular flexibility index (Phi) is 6.74. The zero-order chi connectivity index (χ0) is 17.5. The normalized spacial score (nSPS) is 21.7. The summed E-state index contributed by atoms with van der Waals surface area (Å²) in [4.78, 5) is 1.48. The van der Waals surface area contributed by atoms with Gasteiger partial charge in [-0.1, -0.05) is 41.9 Å². The maximum Gasteiger partial charge on any atom is 0.137 e. The number of quaternary nitrogens is 1. The van der Waals surface area contributed by atoms with E-state index in [2.05, 4.69) is 30.3 Å². The van der Waals surface area contributed by atoms with Gasteiger partial charge in [-0.05, 0) is 55.0 Å². The molecule has 0 saturated carbocycles. The fourth-order valence-corrected chi connectivity index (χ4v) is 3.68. The first-order valence-corrected chi connectivity index (χ1v) is 9.51. The van der Waals surface area contributed by atoms with E-state index in [0.717, 1.165) is 31.3 Å². The van der Waals surface area contributed by atoms with Gasteiger partial charge in [0.2, 0.25) is 0 Å². The van der Waals surface area contributed by atoms with Gasteiger partial charge in [0.15, 0.2) is 0 Å². The fourth-order valence-electron chi connectivity index (χ4n) is 3.56.